The fourth-order valence-electron chi connectivity index (χ4n) is 2.22. The summed E-state index contributed by atoms with van der Waals surface area (Å²) in [5, 5.41) is 16.7. The largest absolute Gasteiger partial charge is 0.255 e. The van der Waals surface area contributed by atoms with Gasteiger partial charge < -0.3 is 0 Å². The van der Waals surface area contributed by atoms with Crippen LogP contribution in [-0.4, -0.2) is 30.0 Å². The van der Waals surface area contributed by atoms with E-state index in [2.05, 4.69) is 61.4 Å². The number of rotatable bonds is 5. The first-order chi connectivity index (χ1) is 9.66. The van der Waals surface area contributed by atoms with Gasteiger partial charge in [0.2, 0.25) is 0 Å². The van der Waals surface area contributed by atoms with E-state index in [-0.39, 0.29) is 10.8 Å². The Labute approximate surface area is 126 Å². The van der Waals surface area contributed by atoms with E-state index >= 15 is 0 Å². The zero-order chi connectivity index (χ0) is 15.7. The highest BCUT2D eigenvalue weighted by Gasteiger charge is 2.22. The van der Waals surface area contributed by atoms with Crippen LogP contribution in [0.25, 0.3) is 0 Å². The molecule has 2 aromatic rings. The van der Waals surface area contributed by atoms with Gasteiger partial charge in [-0.15, -0.1) is 10.2 Å². The second-order valence-corrected chi connectivity index (χ2v) is 7.59. The van der Waals surface area contributed by atoms with Crippen molar-refractivity contribution in [3.63, 3.8) is 0 Å². The van der Waals surface area contributed by atoms with Crippen LogP contribution in [0.15, 0.2) is 12.4 Å². The van der Waals surface area contributed by atoms with E-state index in [9.17, 15) is 0 Å². The SMILES string of the molecule is Cn1cc(CC(C)(C)CCn2cc(C(C)(C)C)nn2)nn1. The molecule has 116 valence electrons. The normalized spacial score (nSPS) is 12.9. The molecule has 0 bridgehead atoms. The van der Waals surface area contributed by atoms with Gasteiger partial charge in [0.1, 0.15) is 0 Å². The second-order valence-electron chi connectivity index (χ2n) is 7.59. The Bertz CT molecular complexity index is 587. The Hall–Kier alpha value is -1.72. The molecule has 2 aromatic heterocycles. The van der Waals surface area contributed by atoms with E-state index < -0.39 is 0 Å². The molecule has 0 aliphatic rings. The molecule has 0 spiro atoms. The van der Waals surface area contributed by atoms with Gasteiger partial charge in [-0.1, -0.05) is 45.0 Å². The number of aryl methyl sites for hydroxylation is 2. The van der Waals surface area contributed by atoms with Gasteiger partial charge in [-0.2, -0.15) is 0 Å². The molecule has 6 nitrogen and oxygen atoms in total. The Kier molecular flexibility index (Phi) is 4.16. The molecular weight excluding hydrogens is 264 g/mol. The van der Waals surface area contributed by atoms with Crippen LogP contribution in [0.5, 0.6) is 0 Å². The lowest BCUT2D eigenvalue weighted by atomic mass is 9.84. The zero-order valence-electron chi connectivity index (χ0n) is 14.0. The van der Waals surface area contributed by atoms with Crippen molar-refractivity contribution in [1.82, 2.24) is 30.0 Å². The van der Waals surface area contributed by atoms with E-state index in [0.717, 1.165) is 30.8 Å². The highest BCUT2D eigenvalue weighted by atomic mass is 15.4. The Balaban J connectivity index is 1.93. The first-order valence-electron chi connectivity index (χ1n) is 7.42. The monoisotopic (exact) mass is 290 g/mol. The molecule has 0 amide bonds. The van der Waals surface area contributed by atoms with E-state index in [1.54, 1.807) is 4.68 Å². The number of nitrogens with zero attached hydrogens (tertiary/aromatic N) is 6. The topological polar surface area (TPSA) is 61.4 Å². The van der Waals surface area contributed by atoms with Crippen LogP contribution >= 0.6 is 0 Å². The van der Waals surface area contributed by atoms with Crippen molar-refractivity contribution in [2.45, 2.75) is 59.4 Å². The van der Waals surface area contributed by atoms with Gasteiger partial charge in [0, 0.05) is 31.4 Å². The maximum Gasteiger partial charge on any atom is 0.0880 e. The summed E-state index contributed by atoms with van der Waals surface area (Å²) >= 11 is 0. The highest BCUT2D eigenvalue weighted by molar-refractivity contribution is 5.06. The van der Waals surface area contributed by atoms with Gasteiger partial charge in [0.25, 0.3) is 0 Å². The van der Waals surface area contributed by atoms with E-state index in [0.29, 0.717) is 0 Å². The smallest absolute Gasteiger partial charge is 0.0880 e. The number of aromatic nitrogens is 6. The zero-order valence-corrected chi connectivity index (χ0v) is 14.0. The fourth-order valence-corrected chi connectivity index (χ4v) is 2.22. The molecule has 0 N–H and O–H groups in total. The van der Waals surface area contributed by atoms with E-state index in [1.165, 1.54) is 0 Å². The maximum atomic E-state index is 4.26. The summed E-state index contributed by atoms with van der Waals surface area (Å²) in [6, 6.07) is 0. The van der Waals surface area contributed by atoms with Gasteiger partial charge in [-0.3, -0.25) is 9.36 Å². The quantitative estimate of drug-likeness (QED) is 0.848. The van der Waals surface area contributed by atoms with E-state index in [1.807, 2.05) is 17.9 Å². The van der Waals surface area contributed by atoms with Crippen molar-refractivity contribution in [3.05, 3.63) is 23.8 Å². The first kappa shape index (κ1) is 15.7. The summed E-state index contributed by atoms with van der Waals surface area (Å²) < 4.78 is 3.69. The lowest BCUT2D eigenvalue weighted by molar-refractivity contribution is 0.299. The van der Waals surface area contributed by atoms with Crippen molar-refractivity contribution in [1.29, 1.82) is 0 Å². The molecule has 0 aliphatic heterocycles. The van der Waals surface area contributed by atoms with Gasteiger partial charge >= 0.3 is 0 Å². The molecule has 0 aromatic carbocycles. The van der Waals surface area contributed by atoms with Crippen LogP contribution < -0.4 is 0 Å². The molecule has 6 heteroatoms. The summed E-state index contributed by atoms with van der Waals surface area (Å²) in [4.78, 5) is 0. The summed E-state index contributed by atoms with van der Waals surface area (Å²) in [5.74, 6) is 0. The second kappa shape index (κ2) is 5.58. The highest BCUT2D eigenvalue weighted by Crippen LogP contribution is 2.26. The molecule has 0 aliphatic carbocycles. The Morgan fingerprint density at radius 1 is 1.00 bits per heavy atom. The summed E-state index contributed by atoms with van der Waals surface area (Å²) in [6.07, 6.45) is 5.98. The molecule has 0 radical (unpaired) electrons. The average molecular weight is 290 g/mol. The predicted molar refractivity (Wildman–Crippen MR) is 81.8 cm³/mol. The third-order valence-corrected chi connectivity index (χ3v) is 3.63. The van der Waals surface area contributed by atoms with Gasteiger partial charge in [0.05, 0.1) is 11.4 Å². The van der Waals surface area contributed by atoms with Gasteiger partial charge in [-0.05, 0) is 18.3 Å². The minimum atomic E-state index is 0.0490. The molecule has 2 heterocycles. The molecule has 2 rings (SSSR count). The third kappa shape index (κ3) is 4.37. The minimum Gasteiger partial charge on any atom is -0.255 e. The average Bonchev–Trinajstić information content (AvgIpc) is 2.95. The molecule has 0 fully saturated rings. The molecule has 0 saturated carbocycles. The van der Waals surface area contributed by atoms with Crippen LogP contribution in [-0.2, 0) is 25.4 Å². The molecular formula is C15H26N6. The summed E-state index contributed by atoms with van der Waals surface area (Å²) in [6.45, 7) is 11.8. The van der Waals surface area contributed by atoms with E-state index in [4.69, 9.17) is 0 Å². The van der Waals surface area contributed by atoms with Crippen LogP contribution in [0, 0.1) is 5.41 Å². The lowest BCUT2D eigenvalue weighted by Crippen LogP contribution is -2.18. The van der Waals surface area contributed by atoms with Crippen LogP contribution in [0.3, 0.4) is 0 Å². The summed E-state index contributed by atoms with van der Waals surface area (Å²) in [7, 11) is 1.90. The molecule has 0 unspecified atom stereocenters. The molecule has 0 saturated heterocycles. The Morgan fingerprint density at radius 2 is 1.71 bits per heavy atom. The standard InChI is InChI=1S/C15H26N6/c1-14(2,3)13-11-21(19-17-13)8-7-15(4,5)9-12-10-20(6)18-16-12/h10-11H,7-9H2,1-6H3. The van der Waals surface area contributed by atoms with Crippen molar-refractivity contribution < 1.29 is 0 Å². The van der Waals surface area contributed by atoms with Gasteiger partial charge in [-0.25, -0.2) is 0 Å². The Morgan fingerprint density at radius 3 is 2.24 bits per heavy atom. The van der Waals surface area contributed by atoms with Crippen molar-refractivity contribution >= 4 is 0 Å². The predicted octanol–water partition coefficient (Wildman–Crippen LogP) is 2.36. The van der Waals surface area contributed by atoms with Crippen LogP contribution in [0.1, 0.15) is 52.4 Å². The summed E-state index contributed by atoms with van der Waals surface area (Å²) in [5.41, 5.74) is 2.28. The molecule has 0 atom stereocenters. The van der Waals surface area contributed by atoms with Crippen LogP contribution in [0.2, 0.25) is 0 Å². The third-order valence-electron chi connectivity index (χ3n) is 3.63. The van der Waals surface area contributed by atoms with Crippen LogP contribution in [0.4, 0.5) is 0 Å². The van der Waals surface area contributed by atoms with Gasteiger partial charge in [0.15, 0.2) is 0 Å². The lowest BCUT2D eigenvalue weighted by Gasteiger charge is -2.23. The number of hydrogen-bond donors (Lipinski definition) is 0. The van der Waals surface area contributed by atoms with Crippen molar-refractivity contribution in [2.24, 2.45) is 12.5 Å². The number of hydrogen-bond acceptors (Lipinski definition) is 4. The first-order valence-corrected chi connectivity index (χ1v) is 7.42. The maximum absolute atomic E-state index is 4.26. The fraction of sp³-hybridized carbons (Fsp3) is 0.733. The minimum absolute atomic E-state index is 0.0490. The van der Waals surface area contributed by atoms with Crippen molar-refractivity contribution in [3.8, 4) is 0 Å². The molecule has 21 heavy (non-hydrogen) atoms. The van der Waals surface area contributed by atoms with Crippen molar-refractivity contribution in [2.75, 3.05) is 0 Å².